The lowest BCUT2D eigenvalue weighted by Crippen LogP contribution is -2.17. The van der Waals surface area contributed by atoms with Crippen LogP contribution in [0.2, 0.25) is 0 Å². The SMILES string of the molecule is CCCC(C)(C)c1cc(Sc2cc(C(C)(C)CCC)c(O)cc2C)c(C)cc1O. The van der Waals surface area contributed by atoms with Gasteiger partial charge in [0.2, 0.25) is 0 Å². The molecule has 2 rings (SSSR count). The van der Waals surface area contributed by atoms with E-state index in [0.29, 0.717) is 11.5 Å². The van der Waals surface area contributed by atoms with E-state index in [0.717, 1.165) is 57.7 Å². The monoisotopic (exact) mass is 414 g/mol. The fraction of sp³-hybridized carbons (Fsp3) is 0.538. The Morgan fingerprint density at radius 3 is 1.34 bits per heavy atom. The molecule has 2 aromatic rings. The Morgan fingerprint density at radius 1 is 0.690 bits per heavy atom. The average Bonchev–Trinajstić information content (AvgIpc) is 2.58. The summed E-state index contributed by atoms with van der Waals surface area (Å²) in [7, 11) is 0. The number of hydrogen-bond acceptors (Lipinski definition) is 3. The molecule has 0 aromatic heterocycles. The lowest BCUT2D eigenvalue weighted by molar-refractivity contribution is 0.415. The van der Waals surface area contributed by atoms with Gasteiger partial charge in [-0.3, -0.25) is 0 Å². The Hall–Kier alpha value is -1.61. The van der Waals surface area contributed by atoms with Crippen molar-refractivity contribution in [2.75, 3.05) is 0 Å². The van der Waals surface area contributed by atoms with Crippen LogP contribution in [0.4, 0.5) is 0 Å². The molecule has 2 N–H and O–H groups in total. The summed E-state index contributed by atoms with van der Waals surface area (Å²) < 4.78 is 0. The summed E-state index contributed by atoms with van der Waals surface area (Å²) >= 11 is 1.73. The lowest BCUT2D eigenvalue weighted by Gasteiger charge is -2.28. The van der Waals surface area contributed by atoms with Crippen LogP contribution >= 0.6 is 11.8 Å². The number of benzene rings is 2. The van der Waals surface area contributed by atoms with Gasteiger partial charge in [0.05, 0.1) is 0 Å². The molecule has 0 aliphatic heterocycles. The molecule has 2 nitrogen and oxygen atoms in total. The molecule has 0 bridgehead atoms. The van der Waals surface area contributed by atoms with E-state index >= 15 is 0 Å². The maximum absolute atomic E-state index is 10.6. The number of aryl methyl sites for hydroxylation is 2. The van der Waals surface area contributed by atoms with Crippen LogP contribution in [0.15, 0.2) is 34.1 Å². The average molecular weight is 415 g/mol. The minimum absolute atomic E-state index is 0.0693. The van der Waals surface area contributed by atoms with Crippen LogP contribution in [0.3, 0.4) is 0 Å². The number of hydrogen-bond donors (Lipinski definition) is 2. The first kappa shape index (κ1) is 23.7. The van der Waals surface area contributed by atoms with E-state index in [1.165, 1.54) is 0 Å². The van der Waals surface area contributed by atoms with Crippen molar-refractivity contribution in [3.05, 3.63) is 46.5 Å². The van der Waals surface area contributed by atoms with Crippen LogP contribution < -0.4 is 0 Å². The molecule has 3 heteroatoms. The van der Waals surface area contributed by atoms with E-state index in [4.69, 9.17) is 0 Å². The van der Waals surface area contributed by atoms with Gasteiger partial charge in [0.1, 0.15) is 11.5 Å². The maximum atomic E-state index is 10.6. The quantitative estimate of drug-likeness (QED) is 0.459. The molecule has 0 radical (unpaired) electrons. The van der Waals surface area contributed by atoms with Gasteiger partial charge in [-0.05, 0) is 72.9 Å². The van der Waals surface area contributed by atoms with Gasteiger partial charge in [-0.1, -0.05) is 66.1 Å². The van der Waals surface area contributed by atoms with E-state index in [9.17, 15) is 10.2 Å². The second kappa shape index (κ2) is 9.04. The first-order valence-electron chi connectivity index (χ1n) is 10.8. The number of phenols is 2. The highest BCUT2D eigenvalue weighted by atomic mass is 32.2. The van der Waals surface area contributed by atoms with E-state index in [1.807, 2.05) is 12.1 Å². The molecule has 0 aliphatic rings. The van der Waals surface area contributed by atoms with E-state index in [-0.39, 0.29) is 10.8 Å². The summed E-state index contributed by atoms with van der Waals surface area (Å²) in [5.41, 5.74) is 4.03. The third-order valence-corrected chi connectivity index (χ3v) is 7.33. The molecular weight excluding hydrogens is 376 g/mol. The molecule has 0 fully saturated rings. The molecule has 0 amide bonds. The number of aromatic hydroxyl groups is 2. The second-order valence-corrected chi connectivity index (χ2v) is 10.7. The van der Waals surface area contributed by atoms with Gasteiger partial charge in [-0.15, -0.1) is 0 Å². The van der Waals surface area contributed by atoms with Crippen molar-refractivity contribution in [1.82, 2.24) is 0 Å². The fourth-order valence-corrected chi connectivity index (χ4v) is 5.32. The second-order valence-electron chi connectivity index (χ2n) is 9.64. The van der Waals surface area contributed by atoms with Crippen LogP contribution in [-0.2, 0) is 10.8 Å². The Bertz CT molecular complexity index is 794. The van der Waals surface area contributed by atoms with Crippen molar-refractivity contribution in [1.29, 1.82) is 0 Å². The van der Waals surface area contributed by atoms with Crippen LogP contribution in [0, 0.1) is 13.8 Å². The third kappa shape index (κ3) is 5.31. The van der Waals surface area contributed by atoms with Crippen molar-refractivity contribution in [2.45, 2.75) is 102 Å². The van der Waals surface area contributed by atoms with E-state index in [2.05, 4.69) is 67.5 Å². The van der Waals surface area contributed by atoms with Gasteiger partial charge in [0.15, 0.2) is 0 Å². The summed E-state index contributed by atoms with van der Waals surface area (Å²) in [5.74, 6) is 0.773. The van der Waals surface area contributed by atoms with E-state index in [1.54, 1.807) is 11.8 Å². The highest BCUT2D eigenvalue weighted by Crippen LogP contribution is 2.44. The van der Waals surface area contributed by atoms with Crippen molar-refractivity contribution in [3.8, 4) is 11.5 Å². The molecule has 29 heavy (non-hydrogen) atoms. The molecule has 0 unspecified atom stereocenters. The number of phenolic OH excluding ortho intramolecular Hbond substituents is 2. The van der Waals surface area contributed by atoms with Crippen LogP contribution in [0.1, 0.15) is 89.5 Å². The van der Waals surface area contributed by atoms with Crippen molar-refractivity contribution < 1.29 is 10.2 Å². The van der Waals surface area contributed by atoms with Gasteiger partial charge in [0.25, 0.3) is 0 Å². The molecule has 0 atom stereocenters. The fourth-order valence-electron chi connectivity index (χ4n) is 4.29. The van der Waals surface area contributed by atoms with Crippen molar-refractivity contribution in [2.24, 2.45) is 0 Å². The first-order chi connectivity index (χ1) is 13.4. The Kier molecular flexibility index (Phi) is 7.37. The van der Waals surface area contributed by atoms with Crippen LogP contribution in [-0.4, -0.2) is 10.2 Å². The highest BCUT2D eigenvalue weighted by Gasteiger charge is 2.26. The summed E-state index contributed by atoms with van der Waals surface area (Å²) in [6.45, 7) is 17.3. The largest absolute Gasteiger partial charge is 0.508 e. The summed E-state index contributed by atoms with van der Waals surface area (Å²) in [6, 6.07) is 8.11. The molecule has 0 saturated heterocycles. The lowest BCUT2D eigenvalue weighted by atomic mass is 9.80. The molecule has 0 aliphatic carbocycles. The Morgan fingerprint density at radius 2 is 1.03 bits per heavy atom. The summed E-state index contributed by atoms with van der Waals surface area (Å²) in [4.78, 5) is 2.32. The minimum Gasteiger partial charge on any atom is -0.508 e. The van der Waals surface area contributed by atoms with Crippen LogP contribution in [0.25, 0.3) is 0 Å². The molecule has 0 saturated carbocycles. The molecule has 0 spiro atoms. The zero-order chi connectivity index (χ0) is 22.0. The number of rotatable bonds is 8. The van der Waals surface area contributed by atoms with Crippen molar-refractivity contribution in [3.63, 3.8) is 0 Å². The third-order valence-electron chi connectivity index (χ3n) is 6.01. The summed E-state index contributed by atoms with van der Waals surface area (Å²) in [5, 5.41) is 21.2. The topological polar surface area (TPSA) is 40.5 Å². The van der Waals surface area contributed by atoms with Gasteiger partial charge in [-0.25, -0.2) is 0 Å². The highest BCUT2D eigenvalue weighted by molar-refractivity contribution is 7.99. The van der Waals surface area contributed by atoms with E-state index < -0.39 is 0 Å². The Labute approximate surface area is 181 Å². The van der Waals surface area contributed by atoms with Crippen molar-refractivity contribution >= 4 is 11.8 Å². The standard InChI is InChI=1S/C26H38O2S/c1-9-11-25(5,6)19-15-23(17(3)13-21(19)27)29-24-16-20(22(28)14-18(24)4)26(7,8)12-10-2/h13-16,27-28H,9-12H2,1-8H3. The van der Waals surface area contributed by atoms with Gasteiger partial charge < -0.3 is 10.2 Å². The molecular formula is C26H38O2S. The predicted molar refractivity (Wildman–Crippen MR) is 126 cm³/mol. The molecule has 0 heterocycles. The zero-order valence-electron chi connectivity index (χ0n) is 19.4. The van der Waals surface area contributed by atoms with Gasteiger partial charge in [0, 0.05) is 20.9 Å². The van der Waals surface area contributed by atoms with Gasteiger partial charge >= 0.3 is 0 Å². The maximum Gasteiger partial charge on any atom is 0.119 e. The van der Waals surface area contributed by atoms with Crippen LogP contribution in [0.5, 0.6) is 11.5 Å². The summed E-state index contributed by atoms with van der Waals surface area (Å²) in [6.07, 6.45) is 4.22. The molecule has 160 valence electrons. The normalized spacial score (nSPS) is 12.4. The van der Waals surface area contributed by atoms with Gasteiger partial charge in [-0.2, -0.15) is 0 Å². The predicted octanol–water partition coefficient (Wildman–Crippen LogP) is 8.02. The molecule has 2 aromatic carbocycles. The first-order valence-corrected chi connectivity index (χ1v) is 11.6. The minimum atomic E-state index is -0.0693. The Balaban J connectivity index is 2.51. The zero-order valence-corrected chi connectivity index (χ0v) is 20.3. The smallest absolute Gasteiger partial charge is 0.119 e.